The van der Waals surface area contributed by atoms with Gasteiger partial charge in [-0.3, -0.25) is 4.79 Å². The van der Waals surface area contributed by atoms with Crippen LogP contribution in [0.2, 0.25) is 0 Å². The van der Waals surface area contributed by atoms with E-state index in [2.05, 4.69) is 0 Å². The molecule has 0 heterocycles. The van der Waals surface area contributed by atoms with E-state index in [1.54, 1.807) is 13.8 Å². The molecule has 1 aromatic rings. The molecule has 0 bridgehead atoms. The Balaban J connectivity index is 3.01. The fourth-order valence-electron chi connectivity index (χ4n) is 1.52. The van der Waals surface area contributed by atoms with Crippen LogP contribution in [0.1, 0.15) is 24.2 Å². The Bertz CT molecular complexity index is 407. The Morgan fingerprint density at radius 1 is 1.41 bits per heavy atom. The van der Waals surface area contributed by atoms with Crippen LogP contribution in [0.15, 0.2) is 18.2 Å². The van der Waals surface area contributed by atoms with E-state index in [9.17, 15) is 13.6 Å². The fraction of sp³-hybridized carbons (Fsp3) is 0.417. The van der Waals surface area contributed by atoms with Crippen molar-refractivity contribution in [1.29, 1.82) is 0 Å². The number of benzene rings is 1. The number of halogens is 2. The summed E-state index contributed by atoms with van der Waals surface area (Å²) in [6.07, 6.45) is 0. The first-order chi connectivity index (χ1) is 7.97. The second-order valence-corrected chi connectivity index (χ2v) is 3.94. The van der Waals surface area contributed by atoms with Crippen molar-refractivity contribution in [3.8, 4) is 0 Å². The van der Waals surface area contributed by atoms with Crippen molar-refractivity contribution in [2.24, 2.45) is 0 Å². The molecule has 0 saturated heterocycles. The zero-order valence-corrected chi connectivity index (χ0v) is 9.78. The average Bonchev–Trinajstić information content (AvgIpc) is 2.24. The Kier molecular flexibility index (Phi) is 4.57. The van der Waals surface area contributed by atoms with Crippen LogP contribution in [-0.4, -0.2) is 35.1 Å². The predicted octanol–water partition coefficient (Wildman–Crippen LogP) is 1.81. The third-order valence-electron chi connectivity index (χ3n) is 2.39. The lowest BCUT2D eigenvalue weighted by Crippen LogP contribution is -2.39. The number of carbonyl (C=O) groups is 1. The Morgan fingerprint density at radius 3 is 2.53 bits per heavy atom. The molecule has 17 heavy (non-hydrogen) atoms. The van der Waals surface area contributed by atoms with Crippen LogP contribution in [-0.2, 0) is 0 Å². The topological polar surface area (TPSA) is 40.5 Å². The molecule has 3 nitrogen and oxygen atoms in total. The predicted molar refractivity (Wildman–Crippen MR) is 59.6 cm³/mol. The standard InChI is InChI=1S/C12H15F2NO2/c1-8(2)15(5-6-16)12(17)10-4-3-9(13)7-11(10)14/h3-4,7-8,16H,5-6H2,1-2H3. The van der Waals surface area contributed by atoms with Gasteiger partial charge in [0.15, 0.2) is 0 Å². The van der Waals surface area contributed by atoms with Crippen LogP contribution in [0.5, 0.6) is 0 Å². The number of hydrogen-bond acceptors (Lipinski definition) is 2. The van der Waals surface area contributed by atoms with Crippen molar-refractivity contribution in [3.63, 3.8) is 0 Å². The van der Waals surface area contributed by atoms with E-state index in [4.69, 9.17) is 5.11 Å². The van der Waals surface area contributed by atoms with Gasteiger partial charge < -0.3 is 10.0 Å². The van der Waals surface area contributed by atoms with Crippen molar-refractivity contribution in [2.45, 2.75) is 19.9 Å². The second-order valence-electron chi connectivity index (χ2n) is 3.94. The summed E-state index contributed by atoms with van der Waals surface area (Å²) in [4.78, 5) is 13.3. The normalized spacial score (nSPS) is 10.7. The van der Waals surface area contributed by atoms with Gasteiger partial charge in [0.1, 0.15) is 11.6 Å². The Morgan fingerprint density at radius 2 is 2.06 bits per heavy atom. The highest BCUT2D eigenvalue weighted by Gasteiger charge is 2.21. The van der Waals surface area contributed by atoms with E-state index >= 15 is 0 Å². The zero-order valence-electron chi connectivity index (χ0n) is 9.78. The monoisotopic (exact) mass is 243 g/mol. The summed E-state index contributed by atoms with van der Waals surface area (Å²) in [5.41, 5.74) is -0.187. The molecule has 1 N–H and O–H groups in total. The third-order valence-corrected chi connectivity index (χ3v) is 2.39. The summed E-state index contributed by atoms with van der Waals surface area (Å²) in [6.45, 7) is 3.43. The van der Waals surface area contributed by atoms with E-state index in [-0.39, 0.29) is 24.8 Å². The summed E-state index contributed by atoms with van der Waals surface area (Å²) in [5.74, 6) is -2.16. The highest BCUT2D eigenvalue weighted by atomic mass is 19.1. The largest absolute Gasteiger partial charge is 0.395 e. The zero-order chi connectivity index (χ0) is 13.0. The van der Waals surface area contributed by atoms with Crippen LogP contribution >= 0.6 is 0 Å². The molecular formula is C12H15F2NO2. The van der Waals surface area contributed by atoms with Crippen molar-refractivity contribution in [2.75, 3.05) is 13.2 Å². The lowest BCUT2D eigenvalue weighted by Gasteiger charge is -2.26. The smallest absolute Gasteiger partial charge is 0.257 e. The molecule has 0 unspecified atom stereocenters. The molecule has 1 rings (SSSR count). The molecule has 0 aliphatic rings. The lowest BCUT2D eigenvalue weighted by atomic mass is 10.1. The minimum absolute atomic E-state index is 0.118. The molecule has 0 radical (unpaired) electrons. The van der Waals surface area contributed by atoms with Gasteiger partial charge in [-0.15, -0.1) is 0 Å². The molecule has 1 aromatic carbocycles. The Hall–Kier alpha value is -1.49. The fourth-order valence-corrected chi connectivity index (χ4v) is 1.52. The van der Waals surface area contributed by atoms with Gasteiger partial charge in [0.25, 0.3) is 5.91 Å². The quantitative estimate of drug-likeness (QED) is 0.876. The van der Waals surface area contributed by atoms with Crippen LogP contribution in [0.25, 0.3) is 0 Å². The van der Waals surface area contributed by atoms with Crippen molar-refractivity contribution < 1.29 is 18.7 Å². The summed E-state index contributed by atoms with van der Waals surface area (Å²) in [6, 6.07) is 2.65. The summed E-state index contributed by atoms with van der Waals surface area (Å²) in [7, 11) is 0. The number of aliphatic hydroxyl groups excluding tert-OH is 1. The van der Waals surface area contributed by atoms with E-state index in [1.807, 2.05) is 0 Å². The molecule has 0 aromatic heterocycles. The van der Waals surface area contributed by atoms with E-state index < -0.39 is 17.5 Å². The molecule has 0 fully saturated rings. The van der Waals surface area contributed by atoms with Gasteiger partial charge in [0.05, 0.1) is 12.2 Å². The van der Waals surface area contributed by atoms with Crippen LogP contribution < -0.4 is 0 Å². The van der Waals surface area contributed by atoms with Crippen LogP contribution in [0, 0.1) is 11.6 Å². The maximum atomic E-state index is 13.4. The van der Waals surface area contributed by atoms with Crippen LogP contribution in [0.3, 0.4) is 0 Å². The highest BCUT2D eigenvalue weighted by Crippen LogP contribution is 2.13. The van der Waals surface area contributed by atoms with Gasteiger partial charge in [0, 0.05) is 18.7 Å². The lowest BCUT2D eigenvalue weighted by molar-refractivity contribution is 0.0660. The van der Waals surface area contributed by atoms with Crippen LogP contribution in [0.4, 0.5) is 8.78 Å². The maximum absolute atomic E-state index is 13.4. The second kappa shape index (κ2) is 5.72. The van der Waals surface area contributed by atoms with E-state index in [1.165, 1.54) is 4.90 Å². The van der Waals surface area contributed by atoms with Gasteiger partial charge >= 0.3 is 0 Å². The van der Waals surface area contributed by atoms with Gasteiger partial charge in [-0.2, -0.15) is 0 Å². The first-order valence-electron chi connectivity index (χ1n) is 5.34. The summed E-state index contributed by atoms with van der Waals surface area (Å²) >= 11 is 0. The molecule has 1 amide bonds. The van der Waals surface area contributed by atoms with Crippen molar-refractivity contribution in [1.82, 2.24) is 4.90 Å². The van der Waals surface area contributed by atoms with Gasteiger partial charge in [-0.05, 0) is 26.0 Å². The molecule has 0 aliphatic heterocycles. The Labute approximate surface area is 98.7 Å². The van der Waals surface area contributed by atoms with E-state index in [0.717, 1.165) is 12.1 Å². The molecule has 0 saturated carbocycles. The first kappa shape index (κ1) is 13.6. The number of amides is 1. The molecule has 5 heteroatoms. The SMILES string of the molecule is CC(C)N(CCO)C(=O)c1ccc(F)cc1F. The number of aliphatic hydroxyl groups is 1. The van der Waals surface area contributed by atoms with Gasteiger partial charge in [-0.1, -0.05) is 0 Å². The molecule has 0 aliphatic carbocycles. The number of nitrogens with zero attached hydrogens (tertiary/aromatic N) is 1. The van der Waals surface area contributed by atoms with Crippen molar-refractivity contribution >= 4 is 5.91 Å². The first-order valence-corrected chi connectivity index (χ1v) is 5.34. The van der Waals surface area contributed by atoms with Gasteiger partial charge in [0.2, 0.25) is 0 Å². The third kappa shape index (κ3) is 3.23. The molecule has 94 valence electrons. The average molecular weight is 243 g/mol. The minimum Gasteiger partial charge on any atom is -0.395 e. The molecular weight excluding hydrogens is 228 g/mol. The van der Waals surface area contributed by atoms with Crippen molar-refractivity contribution in [3.05, 3.63) is 35.4 Å². The number of hydrogen-bond donors (Lipinski definition) is 1. The molecule has 0 atom stereocenters. The summed E-state index contributed by atoms with van der Waals surface area (Å²) < 4.78 is 26.1. The maximum Gasteiger partial charge on any atom is 0.257 e. The number of carbonyl (C=O) groups excluding carboxylic acids is 1. The summed E-state index contributed by atoms with van der Waals surface area (Å²) in [5, 5.41) is 8.85. The van der Waals surface area contributed by atoms with Gasteiger partial charge in [-0.25, -0.2) is 8.78 Å². The van der Waals surface area contributed by atoms with E-state index in [0.29, 0.717) is 6.07 Å². The number of rotatable bonds is 4. The highest BCUT2D eigenvalue weighted by molar-refractivity contribution is 5.94. The minimum atomic E-state index is -0.890. The molecule has 0 spiro atoms.